The first-order valence-electron chi connectivity index (χ1n) is 5.72. The highest BCUT2D eigenvalue weighted by molar-refractivity contribution is 7.15. The highest BCUT2D eigenvalue weighted by Crippen LogP contribution is 2.22. The van der Waals surface area contributed by atoms with Gasteiger partial charge < -0.3 is 4.74 Å². The van der Waals surface area contributed by atoms with E-state index in [1.807, 2.05) is 24.0 Å². The van der Waals surface area contributed by atoms with Crippen LogP contribution in [0.15, 0.2) is 17.1 Å². The van der Waals surface area contributed by atoms with E-state index >= 15 is 0 Å². The van der Waals surface area contributed by atoms with E-state index in [1.165, 1.54) is 16.2 Å². The lowest BCUT2D eigenvalue weighted by Gasteiger charge is -2.02. The van der Waals surface area contributed by atoms with Crippen LogP contribution in [0.1, 0.15) is 21.1 Å². The van der Waals surface area contributed by atoms with Crippen molar-refractivity contribution in [1.29, 1.82) is 0 Å². The Balaban J connectivity index is 1.73. The minimum atomic E-state index is 0.406. The number of aromatic nitrogens is 3. The van der Waals surface area contributed by atoms with E-state index in [9.17, 15) is 4.79 Å². The maximum absolute atomic E-state index is 11.1. The molecule has 0 N–H and O–H groups in total. The Morgan fingerprint density at radius 3 is 3.11 bits per heavy atom. The maximum atomic E-state index is 11.1. The molecule has 98 valence electrons. The van der Waals surface area contributed by atoms with E-state index < -0.39 is 0 Å². The van der Waals surface area contributed by atoms with Crippen molar-refractivity contribution in [3.05, 3.63) is 33.4 Å². The zero-order valence-electron chi connectivity index (χ0n) is 10.2. The number of ether oxygens (including phenoxy) is 1. The quantitative estimate of drug-likeness (QED) is 0.678. The van der Waals surface area contributed by atoms with Crippen molar-refractivity contribution in [1.82, 2.24) is 14.4 Å². The monoisotopic (exact) mass is 293 g/mol. The number of aldehydes is 1. The van der Waals surface area contributed by atoms with Gasteiger partial charge in [0.2, 0.25) is 5.88 Å². The summed E-state index contributed by atoms with van der Waals surface area (Å²) in [6.07, 6.45) is 3.37. The number of nitrogens with zero attached hydrogens (tertiary/aromatic N) is 3. The summed E-state index contributed by atoms with van der Waals surface area (Å²) in [4.78, 5) is 21.6. The number of hydrogen-bond acceptors (Lipinski definition) is 6. The predicted octanol–water partition coefficient (Wildman–Crippen LogP) is 2.59. The summed E-state index contributed by atoms with van der Waals surface area (Å²) < 4.78 is 7.36. The van der Waals surface area contributed by atoms with Gasteiger partial charge in [0.25, 0.3) is 0 Å². The Morgan fingerprint density at radius 1 is 1.47 bits per heavy atom. The molecule has 0 bridgehead atoms. The van der Waals surface area contributed by atoms with Gasteiger partial charge in [-0.25, -0.2) is 4.98 Å². The number of rotatable bonds is 5. The summed E-state index contributed by atoms with van der Waals surface area (Å²) in [6.45, 7) is 2.48. The number of hydrogen-bond donors (Lipinski definition) is 0. The van der Waals surface area contributed by atoms with Crippen molar-refractivity contribution >= 4 is 33.9 Å². The average molecular weight is 293 g/mol. The van der Waals surface area contributed by atoms with E-state index in [-0.39, 0.29) is 0 Å². The fourth-order valence-electron chi connectivity index (χ4n) is 1.80. The standard InChI is InChI=1S/C12H11N3O2S2/c1-8-10(19-7-13-8)2-4-17-11-9(6-16)15-3-5-18-12(15)14-11/h3,5-7H,2,4H2,1H3. The second-order valence-electron chi connectivity index (χ2n) is 3.94. The predicted molar refractivity (Wildman–Crippen MR) is 74.5 cm³/mol. The molecule has 0 unspecified atom stereocenters. The van der Waals surface area contributed by atoms with Gasteiger partial charge in [0.15, 0.2) is 16.9 Å². The number of thiazole rings is 2. The van der Waals surface area contributed by atoms with Crippen LogP contribution in [0.4, 0.5) is 0 Å². The highest BCUT2D eigenvalue weighted by Gasteiger charge is 2.13. The lowest BCUT2D eigenvalue weighted by Crippen LogP contribution is -2.03. The molecule has 0 atom stereocenters. The fraction of sp³-hybridized carbons (Fsp3) is 0.250. The van der Waals surface area contributed by atoms with E-state index in [0.717, 1.165) is 23.4 Å². The number of carbonyl (C=O) groups is 1. The molecule has 0 fully saturated rings. The number of aryl methyl sites for hydroxylation is 1. The first-order chi connectivity index (χ1) is 9.29. The van der Waals surface area contributed by atoms with Crippen LogP contribution in [0.2, 0.25) is 0 Å². The number of imidazole rings is 1. The van der Waals surface area contributed by atoms with Gasteiger partial charge in [0.05, 0.1) is 17.8 Å². The lowest BCUT2D eigenvalue weighted by atomic mass is 10.3. The molecule has 0 aliphatic heterocycles. The second kappa shape index (κ2) is 5.10. The molecule has 3 heterocycles. The molecule has 0 saturated heterocycles. The molecule has 0 amide bonds. The van der Waals surface area contributed by atoms with Crippen LogP contribution in [0.3, 0.4) is 0 Å². The van der Waals surface area contributed by atoms with Crippen molar-refractivity contribution in [2.75, 3.05) is 6.61 Å². The van der Waals surface area contributed by atoms with Gasteiger partial charge in [-0.05, 0) is 6.92 Å². The minimum absolute atomic E-state index is 0.406. The van der Waals surface area contributed by atoms with E-state index in [4.69, 9.17) is 4.74 Å². The molecular formula is C12H11N3O2S2. The molecule has 0 radical (unpaired) electrons. The molecule has 0 spiro atoms. The summed E-state index contributed by atoms with van der Waals surface area (Å²) in [5.74, 6) is 0.406. The van der Waals surface area contributed by atoms with Crippen LogP contribution in [0, 0.1) is 6.92 Å². The average Bonchev–Trinajstić information content (AvgIpc) is 3.06. The van der Waals surface area contributed by atoms with Crippen LogP contribution in [0.5, 0.6) is 5.88 Å². The molecule has 0 aliphatic rings. The van der Waals surface area contributed by atoms with Crippen molar-refractivity contribution in [3.8, 4) is 5.88 Å². The normalized spacial score (nSPS) is 11.0. The summed E-state index contributed by atoms with van der Waals surface area (Å²) in [6, 6.07) is 0. The molecule has 7 heteroatoms. The van der Waals surface area contributed by atoms with E-state index in [2.05, 4.69) is 9.97 Å². The molecule has 5 nitrogen and oxygen atoms in total. The molecular weight excluding hydrogens is 282 g/mol. The number of fused-ring (bicyclic) bond motifs is 1. The van der Waals surface area contributed by atoms with Crippen molar-refractivity contribution in [3.63, 3.8) is 0 Å². The molecule has 0 aliphatic carbocycles. The van der Waals surface area contributed by atoms with Gasteiger partial charge in [-0.3, -0.25) is 9.20 Å². The summed E-state index contributed by atoms with van der Waals surface area (Å²) in [5, 5.41) is 1.89. The Kier molecular flexibility index (Phi) is 3.31. The van der Waals surface area contributed by atoms with E-state index in [0.29, 0.717) is 18.2 Å². The summed E-state index contributed by atoms with van der Waals surface area (Å²) >= 11 is 3.09. The van der Waals surface area contributed by atoms with Crippen LogP contribution < -0.4 is 4.74 Å². The van der Waals surface area contributed by atoms with Crippen LogP contribution in [0.25, 0.3) is 4.96 Å². The Morgan fingerprint density at radius 2 is 2.37 bits per heavy atom. The molecule has 3 rings (SSSR count). The Hall–Kier alpha value is -1.73. The second-order valence-corrected chi connectivity index (χ2v) is 5.75. The molecule has 0 saturated carbocycles. The molecule has 3 aromatic rings. The van der Waals surface area contributed by atoms with Gasteiger partial charge in [-0.2, -0.15) is 4.98 Å². The third-order valence-electron chi connectivity index (χ3n) is 2.79. The van der Waals surface area contributed by atoms with Crippen molar-refractivity contribution < 1.29 is 9.53 Å². The third-order valence-corrected chi connectivity index (χ3v) is 4.54. The largest absolute Gasteiger partial charge is 0.476 e. The van der Waals surface area contributed by atoms with Crippen LogP contribution in [-0.4, -0.2) is 27.3 Å². The van der Waals surface area contributed by atoms with Crippen LogP contribution in [-0.2, 0) is 6.42 Å². The Bertz CT molecular complexity index is 714. The minimum Gasteiger partial charge on any atom is -0.476 e. The zero-order valence-corrected chi connectivity index (χ0v) is 11.8. The maximum Gasteiger partial charge on any atom is 0.244 e. The van der Waals surface area contributed by atoms with Crippen molar-refractivity contribution in [2.24, 2.45) is 0 Å². The topological polar surface area (TPSA) is 56.5 Å². The van der Waals surface area contributed by atoms with E-state index in [1.54, 1.807) is 15.7 Å². The van der Waals surface area contributed by atoms with Gasteiger partial charge in [0.1, 0.15) is 0 Å². The van der Waals surface area contributed by atoms with Gasteiger partial charge >= 0.3 is 0 Å². The molecule has 3 aromatic heterocycles. The van der Waals surface area contributed by atoms with Crippen molar-refractivity contribution in [2.45, 2.75) is 13.3 Å². The zero-order chi connectivity index (χ0) is 13.2. The van der Waals surface area contributed by atoms with Crippen LogP contribution >= 0.6 is 22.7 Å². The third kappa shape index (κ3) is 2.26. The summed E-state index contributed by atoms with van der Waals surface area (Å²) in [7, 11) is 0. The first-order valence-corrected chi connectivity index (χ1v) is 7.48. The van der Waals surface area contributed by atoms with Gasteiger partial charge in [0, 0.05) is 22.9 Å². The SMILES string of the molecule is Cc1ncsc1CCOc1nc2sccn2c1C=O. The number of carbonyl (C=O) groups excluding carboxylic acids is 1. The van der Waals surface area contributed by atoms with Gasteiger partial charge in [-0.1, -0.05) is 0 Å². The highest BCUT2D eigenvalue weighted by atomic mass is 32.1. The molecule has 0 aromatic carbocycles. The fourth-order valence-corrected chi connectivity index (χ4v) is 3.28. The smallest absolute Gasteiger partial charge is 0.244 e. The summed E-state index contributed by atoms with van der Waals surface area (Å²) in [5.41, 5.74) is 3.33. The molecule has 19 heavy (non-hydrogen) atoms. The first kappa shape index (κ1) is 12.3. The Labute approximate surface area is 117 Å². The van der Waals surface area contributed by atoms with Gasteiger partial charge in [-0.15, -0.1) is 22.7 Å². The lowest BCUT2D eigenvalue weighted by molar-refractivity contribution is 0.111.